The molecule has 2 aromatic heterocycles. The van der Waals surface area contributed by atoms with Crippen LogP contribution in [0.4, 0.5) is 9.93 Å². The first kappa shape index (κ1) is 21.0. The molecule has 9 heteroatoms. The minimum atomic E-state index is -0.515. The van der Waals surface area contributed by atoms with Crippen LogP contribution in [0.15, 0.2) is 30.5 Å². The lowest BCUT2D eigenvalue weighted by Gasteiger charge is -2.43. The highest BCUT2D eigenvalue weighted by Crippen LogP contribution is 2.52. The molecule has 31 heavy (non-hydrogen) atoms. The van der Waals surface area contributed by atoms with Crippen molar-refractivity contribution < 1.29 is 9.53 Å². The van der Waals surface area contributed by atoms with E-state index in [2.05, 4.69) is 62.1 Å². The second-order valence-corrected chi connectivity index (χ2v) is 11.5. The summed E-state index contributed by atoms with van der Waals surface area (Å²) in [5, 5.41) is 9.00. The number of alkyl carbamates (subject to hydrolysis) is 1. The Balaban J connectivity index is 1.37. The molecule has 1 atom stereocenters. The molecular weight excluding hydrogens is 525 g/mol. The molecule has 0 unspecified atom stereocenters. The zero-order chi connectivity index (χ0) is 21.8. The van der Waals surface area contributed by atoms with Gasteiger partial charge in [-0.25, -0.2) is 9.78 Å². The molecule has 0 radical (unpaired) electrons. The average molecular weight is 551 g/mol. The van der Waals surface area contributed by atoms with E-state index in [-0.39, 0.29) is 17.6 Å². The Morgan fingerprint density at radius 3 is 2.74 bits per heavy atom. The number of anilines is 1. The summed E-state index contributed by atoms with van der Waals surface area (Å²) < 4.78 is 8.53. The second kappa shape index (κ2) is 7.61. The van der Waals surface area contributed by atoms with Gasteiger partial charge in [-0.15, -0.1) is 5.10 Å². The maximum absolute atomic E-state index is 12.7. The van der Waals surface area contributed by atoms with Crippen LogP contribution in [0, 0.1) is 9.12 Å². The average Bonchev–Trinajstić information content (AvgIpc) is 3.36. The highest BCUT2D eigenvalue weighted by molar-refractivity contribution is 14.1. The SMILES string of the molecule is CC(C)(C)OC(=O)N[C@@H]1c2ccccc2CC12CCN(c1nn3c(I)cnc3s1)CC2. The topological polar surface area (TPSA) is 71.8 Å². The molecule has 0 saturated carbocycles. The number of aromatic nitrogens is 3. The van der Waals surface area contributed by atoms with E-state index < -0.39 is 5.60 Å². The van der Waals surface area contributed by atoms with Crippen LogP contribution >= 0.6 is 33.9 Å². The van der Waals surface area contributed by atoms with Gasteiger partial charge in [0, 0.05) is 18.5 Å². The zero-order valence-electron chi connectivity index (χ0n) is 17.9. The van der Waals surface area contributed by atoms with Crippen LogP contribution in [0.2, 0.25) is 0 Å². The summed E-state index contributed by atoms with van der Waals surface area (Å²) in [7, 11) is 0. The molecule has 1 aliphatic heterocycles. The molecular formula is C22H26IN5O2S. The molecule has 3 heterocycles. The van der Waals surface area contributed by atoms with Crippen LogP contribution in [0.25, 0.3) is 4.96 Å². The Kier molecular flexibility index (Phi) is 5.16. The van der Waals surface area contributed by atoms with E-state index >= 15 is 0 Å². The fourth-order valence-corrected chi connectivity index (χ4v) is 6.41. The predicted octanol–water partition coefficient (Wildman–Crippen LogP) is 4.80. The number of hydrogen-bond acceptors (Lipinski definition) is 6. The third-order valence-corrected chi connectivity index (χ3v) is 7.96. The van der Waals surface area contributed by atoms with E-state index in [0.29, 0.717) is 0 Å². The Hall–Kier alpha value is -1.88. The summed E-state index contributed by atoms with van der Waals surface area (Å²) in [5.74, 6) is 0. The number of imidazole rings is 1. The molecule has 0 bridgehead atoms. The Bertz CT molecular complexity index is 1130. The normalized spacial score (nSPS) is 20.3. The number of piperidine rings is 1. The summed E-state index contributed by atoms with van der Waals surface area (Å²) in [6.45, 7) is 7.52. The van der Waals surface area contributed by atoms with Crippen LogP contribution in [0.5, 0.6) is 0 Å². The van der Waals surface area contributed by atoms with E-state index in [0.717, 1.165) is 46.1 Å². The Labute approximate surface area is 199 Å². The molecule has 3 aromatic rings. The quantitative estimate of drug-likeness (QED) is 0.464. The summed E-state index contributed by atoms with van der Waals surface area (Å²) >= 11 is 3.89. The molecule has 164 valence electrons. The summed E-state index contributed by atoms with van der Waals surface area (Å²) in [4.78, 5) is 20.4. The molecule has 5 rings (SSSR count). The van der Waals surface area contributed by atoms with E-state index in [9.17, 15) is 4.79 Å². The third kappa shape index (κ3) is 3.90. The third-order valence-electron chi connectivity index (χ3n) is 6.24. The number of nitrogens with zero attached hydrogens (tertiary/aromatic N) is 4. The van der Waals surface area contributed by atoms with E-state index in [1.165, 1.54) is 11.1 Å². The highest BCUT2D eigenvalue weighted by atomic mass is 127. The van der Waals surface area contributed by atoms with Gasteiger partial charge in [0.2, 0.25) is 10.1 Å². The van der Waals surface area contributed by atoms with Gasteiger partial charge in [0.15, 0.2) is 0 Å². The number of halogens is 1. The van der Waals surface area contributed by atoms with Crippen LogP contribution in [-0.2, 0) is 11.2 Å². The maximum atomic E-state index is 12.7. The first-order chi connectivity index (χ1) is 14.7. The van der Waals surface area contributed by atoms with Crippen molar-refractivity contribution in [1.29, 1.82) is 0 Å². The summed E-state index contributed by atoms with van der Waals surface area (Å²) in [6.07, 6.45) is 4.46. The monoisotopic (exact) mass is 551 g/mol. The number of carbonyl (C=O) groups excluding carboxylic acids is 1. The number of rotatable bonds is 2. The van der Waals surface area contributed by atoms with Crippen molar-refractivity contribution in [2.45, 2.75) is 51.7 Å². The van der Waals surface area contributed by atoms with Crippen LogP contribution in [-0.4, -0.2) is 39.4 Å². The fourth-order valence-electron chi connectivity index (χ4n) is 4.84. The smallest absolute Gasteiger partial charge is 0.408 e. The Morgan fingerprint density at radius 1 is 1.29 bits per heavy atom. The molecule has 7 nitrogen and oxygen atoms in total. The van der Waals surface area contributed by atoms with E-state index in [1.807, 2.05) is 31.5 Å². The number of ether oxygens (including phenoxy) is 1. The first-order valence-electron chi connectivity index (χ1n) is 10.6. The molecule has 1 saturated heterocycles. The van der Waals surface area contributed by atoms with Crippen LogP contribution in [0.3, 0.4) is 0 Å². The minimum absolute atomic E-state index is 0.00290. The van der Waals surface area contributed by atoms with Gasteiger partial charge in [-0.3, -0.25) is 0 Å². The minimum Gasteiger partial charge on any atom is -0.444 e. The number of carbonyl (C=O) groups is 1. The molecule has 1 fully saturated rings. The lowest BCUT2D eigenvalue weighted by Crippen LogP contribution is -2.47. The van der Waals surface area contributed by atoms with Gasteiger partial charge in [-0.1, -0.05) is 35.6 Å². The van der Waals surface area contributed by atoms with Crippen molar-refractivity contribution in [1.82, 2.24) is 19.9 Å². The van der Waals surface area contributed by atoms with Gasteiger partial charge in [-0.2, -0.15) is 4.52 Å². The maximum Gasteiger partial charge on any atom is 0.408 e. The van der Waals surface area contributed by atoms with Gasteiger partial charge >= 0.3 is 6.09 Å². The molecule has 1 N–H and O–H groups in total. The number of hydrogen-bond donors (Lipinski definition) is 1. The van der Waals surface area contributed by atoms with Crippen LogP contribution in [0.1, 0.15) is 50.8 Å². The van der Waals surface area contributed by atoms with Gasteiger partial charge in [0.1, 0.15) is 9.30 Å². The van der Waals surface area contributed by atoms with Gasteiger partial charge in [0.25, 0.3) is 0 Å². The second-order valence-electron chi connectivity index (χ2n) is 9.46. The van der Waals surface area contributed by atoms with Crippen LogP contribution < -0.4 is 10.2 Å². The van der Waals surface area contributed by atoms with Crippen molar-refractivity contribution in [2.75, 3.05) is 18.0 Å². The first-order valence-corrected chi connectivity index (χ1v) is 12.5. The van der Waals surface area contributed by atoms with Crippen molar-refractivity contribution in [3.8, 4) is 0 Å². The number of fused-ring (bicyclic) bond motifs is 2. The van der Waals surface area contributed by atoms with E-state index in [4.69, 9.17) is 9.84 Å². The zero-order valence-corrected chi connectivity index (χ0v) is 20.9. The summed E-state index contributed by atoms with van der Waals surface area (Å²) in [5.41, 5.74) is 2.05. The largest absolute Gasteiger partial charge is 0.444 e. The lowest BCUT2D eigenvalue weighted by molar-refractivity contribution is 0.0428. The highest BCUT2D eigenvalue weighted by Gasteiger charge is 2.49. The van der Waals surface area contributed by atoms with Gasteiger partial charge in [-0.05, 0) is 73.8 Å². The number of nitrogens with one attached hydrogen (secondary N) is 1. The van der Waals surface area contributed by atoms with Crippen molar-refractivity contribution in [2.24, 2.45) is 5.41 Å². The van der Waals surface area contributed by atoms with Gasteiger partial charge < -0.3 is 15.0 Å². The van der Waals surface area contributed by atoms with Crippen molar-refractivity contribution >= 4 is 50.1 Å². The van der Waals surface area contributed by atoms with Crippen molar-refractivity contribution in [3.05, 3.63) is 45.3 Å². The summed E-state index contributed by atoms with van der Waals surface area (Å²) in [6, 6.07) is 8.46. The van der Waals surface area contributed by atoms with E-state index in [1.54, 1.807) is 11.3 Å². The lowest BCUT2D eigenvalue weighted by atomic mass is 9.73. The van der Waals surface area contributed by atoms with Crippen molar-refractivity contribution in [3.63, 3.8) is 0 Å². The predicted molar refractivity (Wildman–Crippen MR) is 130 cm³/mol. The molecule has 1 aliphatic carbocycles. The standard InChI is InChI=1S/C22H26IN5O2S/c1-21(2,3)30-20(29)25-17-15-7-5-4-6-14(15)12-22(17)8-10-27(11-9-22)19-26-28-16(23)13-24-18(28)31-19/h4-7,13,17H,8-12H2,1-3H3,(H,25,29)/t17-/m1/s1. The fraction of sp³-hybridized carbons (Fsp3) is 0.500. The number of amides is 1. The molecule has 1 aromatic carbocycles. The number of benzene rings is 1. The van der Waals surface area contributed by atoms with Gasteiger partial charge in [0.05, 0.1) is 12.2 Å². The molecule has 1 spiro atoms. The molecule has 1 amide bonds. The molecule has 2 aliphatic rings. The Morgan fingerprint density at radius 2 is 2.03 bits per heavy atom.